The molecule has 3 nitrogen and oxygen atoms in total. The van der Waals surface area contributed by atoms with Crippen LogP contribution in [0.2, 0.25) is 5.02 Å². The van der Waals surface area contributed by atoms with E-state index in [2.05, 4.69) is 6.92 Å². The topological polar surface area (TPSA) is 46.5 Å². The summed E-state index contributed by atoms with van der Waals surface area (Å²) in [5.41, 5.74) is -0.596. The van der Waals surface area contributed by atoms with Crippen molar-refractivity contribution in [2.24, 2.45) is 5.92 Å². The summed E-state index contributed by atoms with van der Waals surface area (Å²) in [6.45, 7) is 5.80. The van der Waals surface area contributed by atoms with E-state index in [-0.39, 0.29) is 12.4 Å². The zero-order chi connectivity index (χ0) is 17.3. The van der Waals surface area contributed by atoms with E-state index in [1.807, 2.05) is 32.1 Å². The second kappa shape index (κ2) is 9.74. The Morgan fingerprint density at radius 1 is 1.39 bits per heavy atom. The quantitative estimate of drug-likeness (QED) is 0.622. The largest absolute Gasteiger partial charge is 0.484 e. The molecule has 0 spiro atoms. The van der Waals surface area contributed by atoms with E-state index in [9.17, 15) is 9.90 Å². The Bertz CT molecular complexity index is 518. The molecular weight excluding hydrogens is 312 g/mol. The minimum Gasteiger partial charge on any atom is -0.484 e. The molecule has 0 heterocycles. The van der Waals surface area contributed by atoms with Crippen molar-refractivity contribution in [1.29, 1.82) is 0 Å². The molecule has 0 radical (unpaired) electrons. The summed E-state index contributed by atoms with van der Waals surface area (Å²) in [6.07, 6.45) is 7.15. The van der Waals surface area contributed by atoms with Gasteiger partial charge in [0.2, 0.25) is 0 Å². The SMILES string of the molecule is C[C@@H](C/C=C/C(=O)COc1ccccc1Cl)CCCC(C)(C)O. The van der Waals surface area contributed by atoms with Gasteiger partial charge in [0.1, 0.15) is 5.75 Å². The number of hydrogen-bond donors (Lipinski definition) is 1. The summed E-state index contributed by atoms with van der Waals surface area (Å²) < 4.78 is 5.40. The van der Waals surface area contributed by atoms with E-state index < -0.39 is 5.60 Å². The Morgan fingerprint density at radius 2 is 2.09 bits per heavy atom. The van der Waals surface area contributed by atoms with E-state index in [0.717, 1.165) is 25.7 Å². The second-order valence-electron chi connectivity index (χ2n) is 6.63. The zero-order valence-corrected chi connectivity index (χ0v) is 15.0. The van der Waals surface area contributed by atoms with Gasteiger partial charge in [0, 0.05) is 0 Å². The van der Waals surface area contributed by atoms with Gasteiger partial charge in [-0.1, -0.05) is 49.6 Å². The standard InChI is InChI=1S/C19H27ClO3/c1-15(9-7-13-19(2,3)22)8-6-10-16(21)14-23-18-12-5-4-11-17(18)20/h4-6,10-12,15,22H,7-9,13-14H2,1-3H3/b10-6+/t15-/m0/s1. The highest BCUT2D eigenvalue weighted by Gasteiger charge is 2.12. The lowest BCUT2D eigenvalue weighted by Crippen LogP contribution is -2.18. The first-order valence-corrected chi connectivity index (χ1v) is 8.45. The fourth-order valence-corrected chi connectivity index (χ4v) is 2.38. The first-order chi connectivity index (χ1) is 10.8. The highest BCUT2D eigenvalue weighted by Crippen LogP contribution is 2.23. The average Bonchev–Trinajstić information content (AvgIpc) is 2.45. The van der Waals surface area contributed by atoms with Crippen LogP contribution in [0.5, 0.6) is 5.75 Å². The summed E-state index contributed by atoms with van der Waals surface area (Å²) in [5, 5.41) is 10.2. The van der Waals surface area contributed by atoms with Crippen LogP contribution in [0.4, 0.5) is 0 Å². The number of aliphatic hydroxyl groups is 1. The monoisotopic (exact) mass is 338 g/mol. The van der Waals surface area contributed by atoms with Crippen LogP contribution in [0.3, 0.4) is 0 Å². The molecule has 128 valence electrons. The number of allylic oxidation sites excluding steroid dienone is 1. The molecular formula is C19H27ClO3. The molecule has 0 bridgehead atoms. The Balaban J connectivity index is 2.23. The van der Waals surface area contributed by atoms with Gasteiger partial charge in [0.25, 0.3) is 0 Å². The molecule has 0 saturated heterocycles. The summed E-state index contributed by atoms with van der Waals surface area (Å²) in [4.78, 5) is 11.8. The van der Waals surface area contributed by atoms with E-state index in [0.29, 0.717) is 16.7 Å². The van der Waals surface area contributed by atoms with Crippen LogP contribution >= 0.6 is 11.6 Å². The fraction of sp³-hybridized carbons (Fsp3) is 0.526. The van der Waals surface area contributed by atoms with Gasteiger partial charge < -0.3 is 9.84 Å². The third-order valence-corrected chi connectivity index (χ3v) is 3.85. The lowest BCUT2D eigenvalue weighted by Gasteiger charge is -2.17. The molecule has 0 aliphatic carbocycles. The van der Waals surface area contributed by atoms with Gasteiger partial charge in [0.15, 0.2) is 12.4 Å². The van der Waals surface area contributed by atoms with Crippen molar-refractivity contribution in [2.75, 3.05) is 6.61 Å². The van der Waals surface area contributed by atoms with E-state index in [4.69, 9.17) is 16.3 Å². The highest BCUT2D eigenvalue weighted by molar-refractivity contribution is 6.32. The van der Waals surface area contributed by atoms with E-state index in [1.165, 1.54) is 0 Å². The second-order valence-corrected chi connectivity index (χ2v) is 7.04. The zero-order valence-electron chi connectivity index (χ0n) is 14.2. The van der Waals surface area contributed by atoms with Gasteiger partial charge in [-0.25, -0.2) is 0 Å². The van der Waals surface area contributed by atoms with Crippen LogP contribution in [0.1, 0.15) is 46.5 Å². The van der Waals surface area contributed by atoms with Crippen molar-refractivity contribution in [3.05, 3.63) is 41.4 Å². The number of carbonyl (C=O) groups excluding carboxylic acids is 1. The summed E-state index contributed by atoms with van der Waals surface area (Å²) in [7, 11) is 0. The molecule has 4 heteroatoms. The van der Waals surface area contributed by atoms with Crippen LogP contribution in [0.15, 0.2) is 36.4 Å². The Hall–Kier alpha value is -1.32. The minimum atomic E-state index is -0.596. The Morgan fingerprint density at radius 3 is 2.74 bits per heavy atom. The third kappa shape index (κ3) is 9.42. The normalized spacial score (nSPS) is 13.3. The maximum absolute atomic E-state index is 11.8. The Kier molecular flexibility index (Phi) is 8.35. The lowest BCUT2D eigenvalue weighted by molar-refractivity contribution is -0.116. The number of ether oxygens (including phenoxy) is 1. The molecule has 0 aromatic heterocycles. The maximum Gasteiger partial charge on any atom is 0.192 e. The molecule has 0 unspecified atom stereocenters. The molecule has 1 aromatic rings. The van der Waals surface area contributed by atoms with Gasteiger partial charge in [-0.15, -0.1) is 0 Å². The van der Waals surface area contributed by atoms with Crippen molar-refractivity contribution in [1.82, 2.24) is 0 Å². The van der Waals surface area contributed by atoms with Crippen LogP contribution in [-0.2, 0) is 4.79 Å². The molecule has 23 heavy (non-hydrogen) atoms. The maximum atomic E-state index is 11.8. The van der Waals surface area contributed by atoms with Gasteiger partial charge in [0.05, 0.1) is 10.6 Å². The van der Waals surface area contributed by atoms with Crippen molar-refractivity contribution >= 4 is 17.4 Å². The molecule has 1 rings (SSSR count). The molecule has 1 atom stereocenters. The van der Waals surface area contributed by atoms with Crippen molar-refractivity contribution in [3.63, 3.8) is 0 Å². The lowest BCUT2D eigenvalue weighted by atomic mass is 9.95. The fourth-order valence-electron chi connectivity index (χ4n) is 2.19. The number of halogens is 1. The number of benzene rings is 1. The number of hydrogen-bond acceptors (Lipinski definition) is 3. The molecule has 1 aromatic carbocycles. The third-order valence-electron chi connectivity index (χ3n) is 3.53. The molecule has 0 aliphatic heterocycles. The Labute approximate surface area is 144 Å². The number of ketones is 1. The van der Waals surface area contributed by atoms with Gasteiger partial charge in [-0.2, -0.15) is 0 Å². The number of para-hydroxylation sites is 1. The number of carbonyl (C=O) groups is 1. The predicted octanol–water partition coefficient (Wildman–Crippen LogP) is 4.81. The smallest absolute Gasteiger partial charge is 0.192 e. The van der Waals surface area contributed by atoms with Crippen LogP contribution < -0.4 is 4.74 Å². The average molecular weight is 339 g/mol. The first kappa shape index (κ1) is 19.7. The molecule has 1 N–H and O–H groups in total. The van der Waals surface area contributed by atoms with Gasteiger partial charge >= 0.3 is 0 Å². The van der Waals surface area contributed by atoms with Crippen LogP contribution in [0.25, 0.3) is 0 Å². The first-order valence-electron chi connectivity index (χ1n) is 8.07. The molecule has 0 fully saturated rings. The molecule has 0 aliphatic rings. The van der Waals surface area contributed by atoms with Crippen molar-refractivity contribution < 1.29 is 14.6 Å². The molecule has 0 saturated carbocycles. The summed E-state index contributed by atoms with van der Waals surface area (Å²) in [6, 6.07) is 7.10. The number of rotatable bonds is 10. The minimum absolute atomic E-state index is 0.00663. The highest BCUT2D eigenvalue weighted by atomic mass is 35.5. The predicted molar refractivity (Wildman–Crippen MR) is 95.0 cm³/mol. The van der Waals surface area contributed by atoms with Crippen molar-refractivity contribution in [3.8, 4) is 5.75 Å². The summed E-state index contributed by atoms with van der Waals surface area (Å²) in [5.74, 6) is 0.940. The van der Waals surface area contributed by atoms with E-state index >= 15 is 0 Å². The molecule has 0 amide bonds. The van der Waals surface area contributed by atoms with Gasteiger partial charge in [-0.05, 0) is 50.8 Å². The summed E-state index contributed by atoms with van der Waals surface area (Å²) >= 11 is 5.96. The van der Waals surface area contributed by atoms with Gasteiger partial charge in [-0.3, -0.25) is 4.79 Å². The van der Waals surface area contributed by atoms with Crippen LogP contribution in [-0.4, -0.2) is 23.1 Å². The van der Waals surface area contributed by atoms with Crippen molar-refractivity contribution in [2.45, 2.75) is 52.1 Å². The van der Waals surface area contributed by atoms with E-state index in [1.54, 1.807) is 18.2 Å². The van der Waals surface area contributed by atoms with Crippen LogP contribution in [0, 0.1) is 5.92 Å².